The second-order valence-electron chi connectivity index (χ2n) is 7.98. The van der Waals surface area contributed by atoms with Crippen LogP contribution in [0.5, 0.6) is 0 Å². The number of nitrogens with one attached hydrogen (secondary N) is 1. The van der Waals surface area contributed by atoms with Crippen molar-refractivity contribution in [2.45, 2.75) is 5.92 Å². The molecule has 1 aromatic heterocycles. The summed E-state index contributed by atoms with van der Waals surface area (Å²) < 4.78 is 24.3. The van der Waals surface area contributed by atoms with Gasteiger partial charge in [-0.25, -0.2) is 0 Å². The molecule has 1 aliphatic rings. The number of nitrogens with two attached hydrogens (primary N) is 1. The summed E-state index contributed by atoms with van der Waals surface area (Å²) >= 11 is 1.63. The number of hydrogen-bond acceptors (Lipinski definition) is 6. The molecule has 172 valence electrons. The molecule has 4 aromatic rings. The molecule has 34 heavy (non-hydrogen) atoms. The lowest BCUT2D eigenvalue weighted by molar-refractivity contribution is 0.102. The van der Waals surface area contributed by atoms with Gasteiger partial charge < -0.3 is 20.1 Å². The van der Waals surface area contributed by atoms with Crippen LogP contribution in [-0.2, 0) is 13.6 Å². The number of carbonyl (C=O) groups is 1. The Balaban J connectivity index is 1.25. The summed E-state index contributed by atoms with van der Waals surface area (Å²) in [7, 11) is -3.29. The van der Waals surface area contributed by atoms with Gasteiger partial charge in [-0.15, -0.1) is 11.3 Å². The van der Waals surface area contributed by atoms with E-state index in [1.54, 1.807) is 41.7 Å². The number of amides is 1. The number of anilines is 2. The van der Waals surface area contributed by atoms with Gasteiger partial charge in [0, 0.05) is 16.4 Å². The molecule has 1 aliphatic heterocycles. The van der Waals surface area contributed by atoms with Gasteiger partial charge >= 0.3 is 7.60 Å². The third kappa shape index (κ3) is 4.69. The quantitative estimate of drug-likeness (QED) is 0.269. The van der Waals surface area contributed by atoms with Gasteiger partial charge in [0.1, 0.15) is 0 Å². The van der Waals surface area contributed by atoms with Gasteiger partial charge in [0.2, 0.25) is 0 Å². The predicted molar refractivity (Wildman–Crippen MR) is 137 cm³/mol. The minimum atomic E-state index is -3.29. The molecule has 0 bridgehead atoms. The lowest BCUT2D eigenvalue weighted by Crippen LogP contribution is -2.24. The predicted octanol–water partition coefficient (Wildman–Crippen LogP) is 5.90. The Morgan fingerprint density at radius 2 is 1.68 bits per heavy atom. The van der Waals surface area contributed by atoms with E-state index in [9.17, 15) is 9.36 Å². The monoisotopic (exact) mass is 490 g/mol. The molecule has 1 amide bonds. The smallest absolute Gasteiger partial charge is 0.361 e. The summed E-state index contributed by atoms with van der Waals surface area (Å²) in [4.78, 5) is 13.9. The zero-order chi connectivity index (χ0) is 23.5. The third-order valence-corrected chi connectivity index (χ3v) is 8.54. The average Bonchev–Trinajstić information content (AvgIpc) is 3.42. The Morgan fingerprint density at radius 1 is 0.941 bits per heavy atom. The van der Waals surface area contributed by atoms with Crippen molar-refractivity contribution in [3.05, 3.63) is 101 Å². The van der Waals surface area contributed by atoms with Crippen LogP contribution in [0.3, 0.4) is 0 Å². The first-order chi connectivity index (χ1) is 16.5. The van der Waals surface area contributed by atoms with E-state index >= 15 is 0 Å². The van der Waals surface area contributed by atoms with E-state index in [4.69, 9.17) is 14.8 Å². The Labute approximate surface area is 201 Å². The summed E-state index contributed by atoms with van der Waals surface area (Å²) in [5.74, 6) is -0.313. The molecule has 0 spiro atoms. The number of benzene rings is 3. The van der Waals surface area contributed by atoms with E-state index in [2.05, 4.69) is 5.32 Å². The van der Waals surface area contributed by atoms with E-state index in [1.165, 1.54) is 0 Å². The van der Waals surface area contributed by atoms with Crippen LogP contribution in [0.4, 0.5) is 11.4 Å². The van der Waals surface area contributed by atoms with Crippen LogP contribution in [0.15, 0.2) is 90.3 Å². The molecular weight excluding hydrogens is 467 g/mol. The van der Waals surface area contributed by atoms with Gasteiger partial charge in [-0.3, -0.25) is 9.36 Å². The second kappa shape index (κ2) is 9.57. The van der Waals surface area contributed by atoms with Crippen molar-refractivity contribution in [3.8, 4) is 10.4 Å². The van der Waals surface area contributed by atoms with E-state index in [1.807, 2.05) is 60.0 Å². The Kier molecular flexibility index (Phi) is 6.35. The highest BCUT2D eigenvalue weighted by Crippen LogP contribution is 2.51. The number of thiophene rings is 1. The highest BCUT2D eigenvalue weighted by atomic mass is 32.1. The number of nitrogen functional groups attached to an aromatic ring is 1. The fourth-order valence-corrected chi connectivity index (χ4v) is 6.16. The molecule has 0 atom stereocenters. The summed E-state index contributed by atoms with van der Waals surface area (Å²) in [5.41, 5.74) is 9.64. The summed E-state index contributed by atoms with van der Waals surface area (Å²) in [6.45, 7) is 0.563. The van der Waals surface area contributed by atoms with Crippen LogP contribution in [0.2, 0.25) is 0 Å². The van der Waals surface area contributed by atoms with Crippen LogP contribution in [0.1, 0.15) is 21.8 Å². The van der Waals surface area contributed by atoms with Gasteiger partial charge in [-0.1, -0.05) is 42.5 Å². The maximum absolute atomic E-state index is 12.9. The fourth-order valence-electron chi connectivity index (χ4n) is 3.78. The fraction of sp³-hybridized carbons (Fsp3) is 0.115. The zero-order valence-corrected chi connectivity index (χ0v) is 19.9. The summed E-state index contributed by atoms with van der Waals surface area (Å²) in [5, 5.41) is 5.48. The molecule has 1 saturated heterocycles. The third-order valence-electron chi connectivity index (χ3n) is 5.72. The van der Waals surface area contributed by atoms with Crippen LogP contribution in [0.25, 0.3) is 10.4 Å². The van der Waals surface area contributed by atoms with Crippen LogP contribution in [0, 0.1) is 0 Å². The van der Waals surface area contributed by atoms with Crippen LogP contribution >= 0.6 is 18.9 Å². The minimum Gasteiger partial charge on any atom is -0.397 e. The molecule has 5 rings (SSSR count). The SMILES string of the molecule is Nc1ccc(-c2cccs2)cc1NC(=O)c1ccc(C2COP(=O)(c3ccccc3)OC2)cc1. The normalized spacial score (nSPS) is 20.1. The molecule has 0 unspecified atom stereocenters. The van der Waals surface area contributed by atoms with Crippen LogP contribution < -0.4 is 16.4 Å². The minimum absolute atomic E-state index is 0.0685. The van der Waals surface area contributed by atoms with E-state index in [0.717, 1.165) is 16.0 Å². The lowest BCUT2D eigenvalue weighted by Gasteiger charge is -2.29. The zero-order valence-electron chi connectivity index (χ0n) is 18.2. The Morgan fingerprint density at radius 3 is 2.35 bits per heavy atom. The maximum atomic E-state index is 12.9. The summed E-state index contributed by atoms with van der Waals surface area (Å²) in [6.07, 6.45) is 0. The van der Waals surface area contributed by atoms with Crippen molar-refractivity contribution in [2.75, 3.05) is 24.3 Å². The molecule has 0 saturated carbocycles. The topological polar surface area (TPSA) is 90.6 Å². The molecule has 2 heterocycles. The van der Waals surface area contributed by atoms with Gasteiger partial charge in [0.15, 0.2) is 0 Å². The van der Waals surface area contributed by atoms with Gasteiger partial charge in [-0.05, 0) is 59.0 Å². The van der Waals surface area contributed by atoms with E-state index < -0.39 is 7.60 Å². The number of carbonyl (C=O) groups excluding carboxylic acids is 1. The van der Waals surface area contributed by atoms with E-state index in [-0.39, 0.29) is 25.0 Å². The van der Waals surface area contributed by atoms with Crippen molar-refractivity contribution in [1.29, 1.82) is 0 Å². The largest absolute Gasteiger partial charge is 0.397 e. The van der Waals surface area contributed by atoms with Crippen molar-refractivity contribution in [2.24, 2.45) is 0 Å². The first-order valence-corrected chi connectivity index (χ1v) is 13.2. The maximum Gasteiger partial charge on any atom is 0.361 e. The van der Waals surface area contributed by atoms with Crippen molar-refractivity contribution >= 4 is 41.5 Å². The molecule has 3 aromatic carbocycles. The standard InChI is InChI=1S/C26H23N2O4PS/c27-23-13-12-20(25-7-4-14-34-25)15-24(23)28-26(29)19-10-8-18(9-11-19)21-16-31-33(30,32-17-21)22-5-2-1-3-6-22/h1-15,21H,16-17,27H2,(H,28,29). The molecule has 8 heteroatoms. The van der Waals surface area contributed by atoms with Crippen molar-refractivity contribution in [3.63, 3.8) is 0 Å². The molecule has 1 fully saturated rings. The highest BCUT2D eigenvalue weighted by molar-refractivity contribution is 7.62. The molecule has 0 radical (unpaired) electrons. The Hall–Kier alpha value is -3.22. The second-order valence-corrected chi connectivity index (χ2v) is 11.0. The lowest BCUT2D eigenvalue weighted by atomic mass is 9.99. The van der Waals surface area contributed by atoms with Crippen molar-refractivity contribution in [1.82, 2.24) is 0 Å². The van der Waals surface area contributed by atoms with Gasteiger partial charge in [0.05, 0.1) is 29.9 Å². The van der Waals surface area contributed by atoms with Crippen molar-refractivity contribution < 1.29 is 18.4 Å². The first kappa shape index (κ1) is 22.6. The molecule has 3 N–H and O–H groups in total. The van der Waals surface area contributed by atoms with Crippen LogP contribution in [-0.4, -0.2) is 19.1 Å². The van der Waals surface area contributed by atoms with E-state index in [0.29, 0.717) is 22.2 Å². The van der Waals surface area contributed by atoms with Gasteiger partial charge in [0.25, 0.3) is 5.91 Å². The number of rotatable bonds is 5. The highest BCUT2D eigenvalue weighted by Gasteiger charge is 2.34. The first-order valence-electron chi connectivity index (χ1n) is 10.8. The average molecular weight is 491 g/mol. The van der Waals surface area contributed by atoms with Gasteiger partial charge in [-0.2, -0.15) is 0 Å². The number of hydrogen-bond donors (Lipinski definition) is 2. The Bertz CT molecular complexity index is 1330. The molecule has 6 nitrogen and oxygen atoms in total. The molecule has 0 aliphatic carbocycles. The summed E-state index contributed by atoms with van der Waals surface area (Å²) in [6, 6.07) is 25.9. The molecular formula is C26H23N2O4PS.